The van der Waals surface area contributed by atoms with Crippen molar-refractivity contribution >= 4 is 0 Å². The SMILES string of the molecule is Cc1oc(C)c(C(O)c2nccn2C)c1C. The van der Waals surface area contributed by atoms with E-state index in [9.17, 15) is 5.11 Å². The first-order chi connectivity index (χ1) is 7.52. The van der Waals surface area contributed by atoms with Crippen molar-refractivity contribution in [2.75, 3.05) is 0 Å². The molecule has 4 heteroatoms. The van der Waals surface area contributed by atoms with E-state index in [0.717, 1.165) is 22.6 Å². The molecular weight excluding hydrogens is 204 g/mol. The molecule has 0 radical (unpaired) electrons. The molecule has 1 unspecified atom stereocenters. The lowest BCUT2D eigenvalue weighted by molar-refractivity contribution is 0.203. The topological polar surface area (TPSA) is 51.2 Å². The summed E-state index contributed by atoms with van der Waals surface area (Å²) in [7, 11) is 1.86. The van der Waals surface area contributed by atoms with E-state index in [0.29, 0.717) is 5.82 Å². The van der Waals surface area contributed by atoms with Crippen LogP contribution in [0, 0.1) is 20.8 Å². The van der Waals surface area contributed by atoms with Gasteiger partial charge in [-0.25, -0.2) is 4.98 Å². The van der Waals surface area contributed by atoms with Gasteiger partial charge in [0.2, 0.25) is 0 Å². The minimum Gasteiger partial charge on any atom is -0.466 e. The summed E-state index contributed by atoms with van der Waals surface area (Å²) in [5.74, 6) is 2.23. The molecule has 0 bridgehead atoms. The first-order valence-corrected chi connectivity index (χ1v) is 5.24. The smallest absolute Gasteiger partial charge is 0.142 e. The van der Waals surface area contributed by atoms with Gasteiger partial charge in [-0.3, -0.25) is 0 Å². The van der Waals surface area contributed by atoms with Gasteiger partial charge in [0.05, 0.1) is 0 Å². The minimum absolute atomic E-state index is 0.631. The third-order valence-electron chi connectivity index (χ3n) is 2.99. The molecule has 0 saturated carbocycles. The summed E-state index contributed by atoms with van der Waals surface area (Å²) in [5, 5.41) is 10.3. The normalized spacial score (nSPS) is 13.1. The number of aromatic nitrogens is 2. The Balaban J connectivity index is 2.49. The van der Waals surface area contributed by atoms with Gasteiger partial charge in [-0.05, 0) is 26.3 Å². The highest BCUT2D eigenvalue weighted by Crippen LogP contribution is 2.30. The Hall–Kier alpha value is -1.55. The number of aliphatic hydroxyl groups is 1. The Bertz CT molecular complexity index is 511. The third-order valence-corrected chi connectivity index (χ3v) is 2.99. The number of furan rings is 1. The molecule has 0 aliphatic rings. The highest BCUT2D eigenvalue weighted by Gasteiger charge is 2.23. The fourth-order valence-electron chi connectivity index (χ4n) is 1.98. The van der Waals surface area contributed by atoms with Crippen molar-refractivity contribution in [2.24, 2.45) is 7.05 Å². The van der Waals surface area contributed by atoms with Crippen LogP contribution in [-0.2, 0) is 7.05 Å². The van der Waals surface area contributed by atoms with Crippen LogP contribution in [-0.4, -0.2) is 14.7 Å². The summed E-state index contributed by atoms with van der Waals surface area (Å²) in [6.45, 7) is 5.71. The molecule has 2 heterocycles. The fourth-order valence-corrected chi connectivity index (χ4v) is 1.98. The lowest BCUT2D eigenvalue weighted by Gasteiger charge is -2.10. The summed E-state index contributed by atoms with van der Waals surface area (Å²) >= 11 is 0. The fraction of sp³-hybridized carbons (Fsp3) is 0.417. The van der Waals surface area contributed by atoms with Gasteiger partial charge < -0.3 is 14.1 Å². The van der Waals surface area contributed by atoms with Gasteiger partial charge in [0.15, 0.2) is 0 Å². The number of nitrogens with zero attached hydrogens (tertiary/aromatic N) is 2. The molecule has 0 fully saturated rings. The molecule has 0 amide bonds. The molecule has 0 saturated heterocycles. The first-order valence-electron chi connectivity index (χ1n) is 5.24. The van der Waals surface area contributed by atoms with Gasteiger partial charge in [0, 0.05) is 25.0 Å². The lowest BCUT2D eigenvalue weighted by atomic mass is 10.0. The van der Waals surface area contributed by atoms with E-state index in [2.05, 4.69) is 4.98 Å². The summed E-state index contributed by atoms with van der Waals surface area (Å²) < 4.78 is 7.32. The van der Waals surface area contributed by atoms with Crippen molar-refractivity contribution in [1.29, 1.82) is 0 Å². The van der Waals surface area contributed by atoms with Crippen molar-refractivity contribution in [3.63, 3.8) is 0 Å². The van der Waals surface area contributed by atoms with Gasteiger partial charge in [0.1, 0.15) is 23.4 Å². The largest absolute Gasteiger partial charge is 0.466 e. The van der Waals surface area contributed by atoms with Gasteiger partial charge in [-0.15, -0.1) is 0 Å². The van der Waals surface area contributed by atoms with Crippen LogP contribution >= 0.6 is 0 Å². The molecule has 16 heavy (non-hydrogen) atoms. The van der Waals surface area contributed by atoms with E-state index in [1.54, 1.807) is 6.20 Å². The van der Waals surface area contributed by atoms with E-state index >= 15 is 0 Å². The Kier molecular flexibility index (Phi) is 2.59. The van der Waals surface area contributed by atoms with Crippen LogP contribution in [0.1, 0.15) is 34.6 Å². The number of rotatable bonds is 2. The Morgan fingerprint density at radius 2 is 2.00 bits per heavy atom. The zero-order chi connectivity index (χ0) is 11.9. The van der Waals surface area contributed by atoms with Gasteiger partial charge in [-0.1, -0.05) is 0 Å². The monoisotopic (exact) mass is 220 g/mol. The molecule has 86 valence electrons. The summed E-state index contributed by atoms with van der Waals surface area (Å²) in [5.41, 5.74) is 1.82. The second-order valence-corrected chi connectivity index (χ2v) is 4.05. The maximum atomic E-state index is 10.3. The molecule has 0 aliphatic carbocycles. The van der Waals surface area contributed by atoms with Gasteiger partial charge in [-0.2, -0.15) is 0 Å². The third kappa shape index (κ3) is 1.55. The lowest BCUT2D eigenvalue weighted by Crippen LogP contribution is -2.08. The van der Waals surface area contributed by atoms with E-state index in [1.807, 2.05) is 38.6 Å². The molecule has 4 nitrogen and oxygen atoms in total. The number of imidazole rings is 1. The highest BCUT2D eigenvalue weighted by molar-refractivity contribution is 5.36. The van der Waals surface area contributed by atoms with Crippen LogP contribution in [0.2, 0.25) is 0 Å². The predicted octanol–water partition coefficient (Wildman–Crippen LogP) is 2.02. The van der Waals surface area contributed by atoms with Crippen LogP contribution in [0.4, 0.5) is 0 Å². The minimum atomic E-state index is -0.725. The molecule has 1 N–H and O–H groups in total. The van der Waals surface area contributed by atoms with Crippen molar-refractivity contribution in [3.8, 4) is 0 Å². The maximum absolute atomic E-state index is 10.3. The Labute approximate surface area is 94.5 Å². The van der Waals surface area contributed by atoms with E-state index in [-0.39, 0.29) is 0 Å². The second kappa shape index (κ2) is 3.79. The van der Waals surface area contributed by atoms with Crippen LogP contribution in [0.3, 0.4) is 0 Å². The molecule has 0 aliphatic heterocycles. The quantitative estimate of drug-likeness (QED) is 0.842. The summed E-state index contributed by atoms with van der Waals surface area (Å²) in [6, 6.07) is 0. The zero-order valence-corrected chi connectivity index (χ0v) is 9.98. The number of aryl methyl sites for hydroxylation is 3. The molecule has 2 rings (SSSR count). The van der Waals surface area contributed by atoms with Gasteiger partial charge >= 0.3 is 0 Å². The van der Waals surface area contributed by atoms with Crippen LogP contribution in [0.15, 0.2) is 16.8 Å². The molecule has 0 spiro atoms. The Morgan fingerprint density at radius 3 is 2.44 bits per heavy atom. The Morgan fingerprint density at radius 1 is 1.31 bits per heavy atom. The molecule has 2 aromatic rings. The number of hydrogen-bond donors (Lipinski definition) is 1. The number of hydrogen-bond acceptors (Lipinski definition) is 3. The van der Waals surface area contributed by atoms with Crippen molar-refractivity contribution in [1.82, 2.24) is 9.55 Å². The van der Waals surface area contributed by atoms with Crippen molar-refractivity contribution in [2.45, 2.75) is 26.9 Å². The van der Waals surface area contributed by atoms with Crippen LogP contribution in [0.5, 0.6) is 0 Å². The molecule has 0 aromatic carbocycles. The number of aliphatic hydroxyl groups excluding tert-OH is 1. The summed E-state index contributed by atoms with van der Waals surface area (Å²) in [4.78, 5) is 4.15. The van der Waals surface area contributed by atoms with Crippen LogP contribution in [0.25, 0.3) is 0 Å². The first kappa shape index (κ1) is 11.0. The van der Waals surface area contributed by atoms with E-state index in [1.165, 1.54) is 0 Å². The van der Waals surface area contributed by atoms with Gasteiger partial charge in [0.25, 0.3) is 0 Å². The average Bonchev–Trinajstić information content (AvgIpc) is 2.73. The molecule has 1 atom stereocenters. The average molecular weight is 220 g/mol. The van der Waals surface area contributed by atoms with E-state index < -0.39 is 6.10 Å². The summed E-state index contributed by atoms with van der Waals surface area (Å²) in [6.07, 6.45) is 2.77. The molecular formula is C12H16N2O2. The van der Waals surface area contributed by atoms with Crippen LogP contribution < -0.4 is 0 Å². The van der Waals surface area contributed by atoms with Crippen molar-refractivity contribution < 1.29 is 9.52 Å². The highest BCUT2D eigenvalue weighted by atomic mass is 16.3. The molecule has 2 aromatic heterocycles. The second-order valence-electron chi connectivity index (χ2n) is 4.05. The standard InChI is InChI=1S/C12H16N2O2/c1-7-8(2)16-9(3)10(7)11(15)12-13-5-6-14(12)4/h5-6,11,15H,1-4H3. The van der Waals surface area contributed by atoms with E-state index in [4.69, 9.17) is 4.42 Å². The van der Waals surface area contributed by atoms with Crippen molar-refractivity contribution in [3.05, 3.63) is 40.9 Å². The predicted molar refractivity (Wildman–Crippen MR) is 60.2 cm³/mol. The zero-order valence-electron chi connectivity index (χ0n) is 9.98. The maximum Gasteiger partial charge on any atom is 0.142 e.